The number of esters is 1. The molecule has 0 bridgehead atoms. The lowest BCUT2D eigenvalue weighted by Crippen LogP contribution is -2.44. The monoisotopic (exact) mass is 319 g/mol. The second kappa shape index (κ2) is 7.48. The molecule has 0 radical (unpaired) electrons. The molecule has 0 fully saturated rings. The number of aromatic nitrogens is 1. The number of halogens is 1. The fraction of sp³-hybridized carbons (Fsp3) is 0.267. The molecule has 1 heterocycles. The van der Waals surface area contributed by atoms with Crippen molar-refractivity contribution in [2.45, 2.75) is 12.5 Å². The number of rotatable bonds is 6. The van der Waals surface area contributed by atoms with E-state index in [4.69, 9.17) is 21.6 Å². The molecule has 0 aliphatic rings. The zero-order valence-electron chi connectivity index (χ0n) is 11.6. The molecule has 1 aromatic carbocycles. The third-order valence-electron chi connectivity index (χ3n) is 3.12. The van der Waals surface area contributed by atoms with E-state index in [2.05, 4.69) is 10.3 Å². The SMILES string of the molecule is N#CCOC(=O)[C@@H](Cc1c[nH]c2ccccc12)NC(=O)CCl. The summed E-state index contributed by atoms with van der Waals surface area (Å²) < 4.78 is 4.79. The second-order valence-electron chi connectivity index (χ2n) is 4.58. The summed E-state index contributed by atoms with van der Waals surface area (Å²) in [5.41, 5.74) is 1.80. The van der Waals surface area contributed by atoms with Crippen molar-refractivity contribution < 1.29 is 14.3 Å². The minimum Gasteiger partial charge on any atom is -0.449 e. The number of aromatic amines is 1. The highest BCUT2D eigenvalue weighted by molar-refractivity contribution is 6.27. The predicted octanol–water partition coefficient (Wildman–Crippen LogP) is 1.50. The van der Waals surface area contributed by atoms with Gasteiger partial charge in [-0.3, -0.25) is 4.79 Å². The topological polar surface area (TPSA) is 95.0 Å². The molecule has 0 aliphatic heterocycles. The van der Waals surface area contributed by atoms with Crippen LogP contribution in [0.25, 0.3) is 10.9 Å². The Hall–Kier alpha value is -2.52. The Morgan fingerprint density at radius 1 is 1.41 bits per heavy atom. The van der Waals surface area contributed by atoms with Crippen molar-refractivity contribution in [2.75, 3.05) is 12.5 Å². The largest absolute Gasteiger partial charge is 0.449 e. The van der Waals surface area contributed by atoms with E-state index in [1.165, 1.54) is 0 Å². The highest BCUT2D eigenvalue weighted by Crippen LogP contribution is 2.19. The molecule has 0 unspecified atom stereocenters. The van der Waals surface area contributed by atoms with Gasteiger partial charge in [-0.25, -0.2) is 4.79 Å². The Morgan fingerprint density at radius 2 is 2.18 bits per heavy atom. The summed E-state index contributed by atoms with van der Waals surface area (Å²) in [6.45, 7) is -0.361. The van der Waals surface area contributed by atoms with Crippen LogP contribution in [-0.2, 0) is 20.7 Å². The van der Waals surface area contributed by atoms with Gasteiger partial charge in [0.25, 0.3) is 0 Å². The van der Waals surface area contributed by atoms with E-state index in [-0.39, 0.29) is 18.9 Å². The van der Waals surface area contributed by atoms with Crippen molar-refractivity contribution in [1.82, 2.24) is 10.3 Å². The second-order valence-corrected chi connectivity index (χ2v) is 4.85. The first-order chi connectivity index (χ1) is 10.7. The lowest BCUT2D eigenvalue weighted by atomic mass is 10.0. The number of amides is 1. The molecule has 0 aliphatic carbocycles. The normalized spacial score (nSPS) is 11.6. The van der Waals surface area contributed by atoms with Crippen molar-refractivity contribution in [3.05, 3.63) is 36.0 Å². The smallest absolute Gasteiger partial charge is 0.330 e. The molecular weight excluding hydrogens is 306 g/mol. The van der Waals surface area contributed by atoms with Gasteiger partial charge in [-0.15, -0.1) is 11.6 Å². The van der Waals surface area contributed by atoms with Crippen LogP contribution >= 0.6 is 11.6 Å². The van der Waals surface area contributed by atoms with Crippen LogP contribution in [0, 0.1) is 11.3 Å². The number of ether oxygens (including phenoxy) is 1. The molecule has 0 spiro atoms. The molecular formula is C15H14ClN3O3. The van der Waals surface area contributed by atoms with Gasteiger partial charge in [0.1, 0.15) is 18.0 Å². The van der Waals surface area contributed by atoms with Crippen LogP contribution < -0.4 is 5.32 Å². The summed E-state index contributed by atoms with van der Waals surface area (Å²) in [4.78, 5) is 26.5. The van der Waals surface area contributed by atoms with Crippen LogP contribution in [-0.4, -0.2) is 35.4 Å². The standard InChI is InChI=1S/C15H14ClN3O3/c16-8-14(20)19-13(15(21)22-6-5-17)7-10-9-18-12-4-2-1-3-11(10)12/h1-4,9,13,18H,6-8H2,(H,19,20)/t13-/m1/s1. The molecule has 6 nitrogen and oxygen atoms in total. The molecule has 2 aromatic rings. The van der Waals surface area contributed by atoms with Crippen molar-refractivity contribution in [1.29, 1.82) is 5.26 Å². The molecule has 1 amide bonds. The van der Waals surface area contributed by atoms with Crippen LogP contribution in [0.3, 0.4) is 0 Å². The Morgan fingerprint density at radius 3 is 2.91 bits per heavy atom. The van der Waals surface area contributed by atoms with E-state index < -0.39 is 17.9 Å². The van der Waals surface area contributed by atoms with E-state index in [1.807, 2.05) is 24.3 Å². The van der Waals surface area contributed by atoms with Gasteiger partial charge in [-0.1, -0.05) is 18.2 Å². The van der Waals surface area contributed by atoms with Crippen molar-refractivity contribution in [3.8, 4) is 6.07 Å². The van der Waals surface area contributed by atoms with Gasteiger partial charge in [0.05, 0.1) is 0 Å². The van der Waals surface area contributed by atoms with E-state index >= 15 is 0 Å². The van der Waals surface area contributed by atoms with Crippen molar-refractivity contribution >= 4 is 34.4 Å². The average Bonchev–Trinajstić information content (AvgIpc) is 2.95. The van der Waals surface area contributed by atoms with Crippen molar-refractivity contribution in [2.24, 2.45) is 0 Å². The van der Waals surface area contributed by atoms with Gasteiger partial charge in [0.15, 0.2) is 6.61 Å². The zero-order valence-corrected chi connectivity index (χ0v) is 12.4. The number of benzene rings is 1. The first-order valence-electron chi connectivity index (χ1n) is 6.59. The maximum absolute atomic E-state index is 12.0. The zero-order chi connectivity index (χ0) is 15.9. The van der Waals surface area contributed by atoms with E-state index in [1.54, 1.807) is 12.3 Å². The van der Waals surface area contributed by atoms with Crippen molar-refractivity contribution in [3.63, 3.8) is 0 Å². The highest BCUT2D eigenvalue weighted by Gasteiger charge is 2.23. The maximum Gasteiger partial charge on any atom is 0.330 e. The van der Waals surface area contributed by atoms with Crippen LogP contribution in [0.4, 0.5) is 0 Å². The van der Waals surface area contributed by atoms with Gasteiger partial charge >= 0.3 is 5.97 Å². The molecule has 0 saturated carbocycles. The first kappa shape index (κ1) is 15.9. The van der Waals surface area contributed by atoms with Gasteiger partial charge in [-0.2, -0.15) is 5.26 Å². The van der Waals surface area contributed by atoms with E-state index in [0.717, 1.165) is 16.5 Å². The minimum atomic E-state index is -0.890. The molecule has 22 heavy (non-hydrogen) atoms. The van der Waals surface area contributed by atoms with E-state index in [0.29, 0.717) is 0 Å². The van der Waals surface area contributed by atoms with Gasteiger partial charge in [0.2, 0.25) is 5.91 Å². The number of hydrogen-bond acceptors (Lipinski definition) is 4. The summed E-state index contributed by atoms with van der Waals surface area (Å²) in [7, 11) is 0. The van der Waals surface area contributed by atoms with Crippen LogP contribution in [0.15, 0.2) is 30.5 Å². The maximum atomic E-state index is 12.0. The Bertz CT molecular complexity index is 720. The number of hydrogen-bond donors (Lipinski definition) is 2. The molecule has 7 heteroatoms. The molecule has 2 N–H and O–H groups in total. The molecule has 114 valence electrons. The Labute approximate surface area is 132 Å². The highest BCUT2D eigenvalue weighted by atomic mass is 35.5. The third kappa shape index (κ3) is 3.77. The number of fused-ring (bicyclic) bond motifs is 1. The fourth-order valence-electron chi connectivity index (χ4n) is 2.15. The number of H-pyrrole nitrogens is 1. The van der Waals surface area contributed by atoms with Crippen LogP contribution in [0.5, 0.6) is 0 Å². The lowest BCUT2D eigenvalue weighted by molar-refractivity contribution is -0.146. The summed E-state index contributed by atoms with van der Waals surface area (Å²) in [5, 5.41) is 12.0. The Balaban J connectivity index is 2.19. The predicted molar refractivity (Wildman–Crippen MR) is 81.2 cm³/mol. The number of alkyl halides is 1. The average molecular weight is 320 g/mol. The quantitative estimate of drug-likeness (QED) is 0.623. The van der Waals surface area contributed by atoms with Gasteiger partial charge < -0.3 is 15.0 Å². The van der Waals surface area contributed by atoms with Crippen LogP contribution in [0.1, 0.15) is 5.56 Å². The number of nitriles is 1. The summed E-state index contributed by atoms with van der Waals surface area (Å²) in [6.07, 6.45) is 2.03. The lowest BCUT2D eigenvalue weighted by Gasteiger charge is -2.16. The summed E-state index contributed by atoms with van der Waals surface area (Å²) in [5.74, 6) is -1.39. The number of carbonyl (C=O) groups is 2. The number of nitrogens with zero attached hydrogens (tertiary/aromatic N) is 1. The van der Waals surface area contributed by atoms with E-state index in [9.17, 15) is 9.59 Å². The number of nitrogens with one attached hydrogen (secondary N) is 2. The molecule has 0 saturated heterocycles. The van der Waals surface area contributed by atoms with Gasteiger partial charge in [0, 0.05) is 23.5 Å². The number of carbonyl (C=O) groups excluding carboxylic acids is 2. The molecule has 1 aromatic heterocycles. The summed E-state index contributed by atoms with van der Waals surface area (Å²) in [6, 6.07) is 8.45. The molecule has 1 atom stereocenters. The fourth-order valence-corrected chi connectivity index (χ4v) is 2.23. The summed E-state index contributed by atoms with van der Waals surface area (Å²) >= 11 is 5.46. The van der Waals surface area contributed by atoms with Crippen LogP contribution in [0.2, 0.25) is 0 Å². The third-order valence-corrected chi connectivity index (χ3v) is 3.36. The number of para-hydroxylation sites is 1. The Kier molecular flexibility index (Phi) is 5.39. The first-order valence-corrected chi connectivity index (χ1v) is 7.13. The molecule has 2 rings (SSSR count). The van der Waals surface area contributed by atoms with Gasteiger partial charge in [-0.05, 0) is 11.6 Å². The minimum absolute atomic E-state index is 0.247.